The van der Waals surface area contributed by atoms with Gasteiger partial charge in [-0.05, 0) is 49.1 Å². The zero-order valence-corrected chi connectivity index (χ0v) is 19.9. The largest absolute Gasteiger partial charge is 0.350 e. The number of benzene rings is 3. The highest BCUT2D eigenvalue weighted by molar-refractivity contribution is 8.04. The Morgan fingerprint density at radius 3 is 2.52 bits per heavy atom. The van der Waals surface area contributed by atoms with Gasteiger partial charge in [0.1, 0.15) is 0 Å². The molecule has 0 aliphatic carbocycles. The van der Waals surface area contributed by atoms with E-state index in [4.69, 9.17) is 11.6 Å². The second-order valence-electron chi connectivity index (χ2n) is 7.99. The fraction of sp³-hybridized carbons (Fsp3) is 0.185. The number of para-hydroxylation sites is 1. The van der Waals surface area contributed by atoms with Crippen molar-refractivity contribution in [1.82, 2.24) is 5.32 Å². The van der Waals surface area contributed by atoms with Crippen molar-refractivity contribution in [1.29, 1.82) is 0 Å². The van der Waals surface area contributed by atoms with E-state index in [0.29, 0.717) is 16.5 Å². The summed E-state index contributed by atoms with van der Waals surface area (Å²) in [5, 5.41) is 3.60. The van der Waals surface area contributed by atoms with Crippen LogP contribution in [0.4, 0.5) is 5.69 Å². The molecule has 4 nitrogen and oxygen atoms in total. The molecule has 1 aliphatic heterocycles. The third-order valence-corrected chi connectivity index (χ3v) is 6.92. The number of carbonyl (C=O) groups excluding carboxylic acids is 2. The molecule has 0 radical (unpaired) electrons. The summed E-state index contributed by atoms with van der Waals surface area (Å²) in [5.41, 5.74) is 2.91. The third kappa shape index (κ3) is 5.86. The van der Waals surface area contributed by atoms with Crippen LogP contribution >= 0.6 is 23.4 Å². The summed E-state index contributed by atoms with van der Waals surface area (Å²) in [5.74, 6) is -0.464. The molecular weight excluding hydrogens is 452 g/mol. The number of anilines is 1. The lowest BCUT2D eigenvalue weighted by Crippen LogP contribution is -2.36. The van der Waals surface area contributed by atoms with Crippen molar-refractivity contribution in [2.75, 3.05) is 4.90 Å². The van der Waals surface area contributed by atoms with Gasteiger partial charge in [0.15, 0.2) is 0 Å². The van der Waals surface area contributed by atoms with Crippen LogP contribution in [0.15, 0.2) is 94.7 Å². The molecule has 1 unspecified atom stereocenters. The molecule has 1 aliphatic rings. The number of fused-ring (bicyclic) bond motifs is 1. The number of carbonyl (C=O) groups is 2. The Morgan fingerprint density at radius 2 is 1.73 bits per heavy atom. The van der Waals surface area contributed by atoms with Gasteiger partial charge in [-0.1, -0.05) is 84.0 Å². The number of rotatable bonds is 7. The van der Waals surface area contributed by atoms with Crippen molar-refractivity contribution in [2.45, 2.75) is 37.2 Å². The van der Waals surface area contributed by atoms with Gasteiger partial charge in [0.05, 0.1) is 17.1 Å². The van der Waals surface area contributed by atoms with Crippen molar-refractivity contribution in [2.24, 2.45) is 0 Å². The van der Waals surface area contributed by atoms with Gasteiger partial charge in [-0.3, -0.25) is 9.59 Å². The van der Waals surface area contributed by atoms with Crippen LogP contribution in [0.1, 0.15) is 24.5 Å². The van der Waals surface area contributed by atoms with Crippen LogP contribution < -0.4 is 10.2 Å². The SMILES string of the molecule is CC(CCc1ccccc1)NC(=O)/C=C1/Sc2ccccc2N(Cc2ccccc2Cl)C1=O. The molecule has 0 spiro atoms. The first-order valence-electron chi connectivity index (χ1n) is 10.9. The molecule has 168 valence electrons. The highest BCUT2D eigenvalue weighted by Crippen LogP contribution is 2.42. The molecule has 2 amide bonds. The second-order valence-corrected chi connectivity index (χ2v) is 9.49. The maximum atomic E-state index is 13.3. The predicted octanol–water partition coefficient (Wildman–Crippen LogP) is 6.00. The average molecular weight is 477 g/mol. The topological polar surface area (TPSA) is 49.4 Å². The van der Waals surface area contributed by atoms with E-state index < -0.39 is 0 Å². The monoisotopic (exact) mass is 476 g/mol. The summed E-state index contributed by atoms with van der Waals surface area (Å²) >= 11 is 7.67. The molecule has 33 heavy (non-hydrogen) atoms. The molecule has 3 aromatic carbocycles. The van der Waals surface area contributed by atoms with E-state index in [1.165, 1.54) is 23.4 Å². The molecule has 0 saturated heterocycles. The highest BCUT2D eigenvalue weighted by atomic mass is 35.5. The first-order valence-corrected chi connectivity index (χ1v) is 12.1. The molecule has 0 aromatic heterocycles. The zero-order chi connectivity index (χ0) is 23.2. The third-order valence-electron chi connectivity index (χ3n) is 5.48. The molecule has 0 saturated carbocycles. The number of thioether (sulfide) groups is 1. The Morgan fingerprint density at radius 1 is 1.03 bits per heavy atom. The van der Waals surface area contributed by atoms with E-state index in [0.717, 1.165) is 29.0 Å². The van der Waals surface area contributed by atoms with E-state index in [1.807, 2.05) is 73.7 Å². The molecular formula is C27H25ClN2O2S. The first kappa shape index (κ1) is 23.1. The number of hydrogen-bond acceptors (Lipinski definition) is 3. The zero-order valence-electron chi connectivity index (χ0n) is 18.3. The number of amides is 2. The summed E-state index contributed by atoms with van der Waals surface area (Å²) < 4.78 is 0. The number of nitrogens with zero attached hydrogens (tertiary/aromatic N) is 1. The molecule has 6 heteroatoms. The first-order chi connectivity index (χ1) is 16.0. The molecule has 0 bridgehead atoms. The summed E-state index contributed by atoms with van der Waals surface area (Å²) in [4.78, 5) is 29.1. The van der Waals surface area contributed by atoms with Crippen LogP contribution in [0.3, 0.4) is 0 Å². The fourth-order valence-corrected chi connectivity index (χ4v) is 4.95. The minimum Gasteiger partial charge on any atom is -0.350 e. The van der Waals surface area contributed by atoms with Gasteiger partial charge in [-0.25, -0.2) is 0 Å². The van der Waals surface area contributed by atoms with Crippen molar-refractivity contribution < 1.29 is 9.59 Å². The molecule has 1 atom stereocenters. The van der Waals surface area contributed by atoms with Crippen LogP contribution in [-0.4, -0.2) is 17.9 Å². The van der Waals surface area contributed by atoms with E-state index >= 15 is 0 Å². The molecule has 0 fully saturated rings. The number of halogens is 1. The second kappa shape index (κ2) is 10.7. The van der Waals surface area contributed by atoms with E-state index in [9.17, 15) is 9.59 Å². The Bertz CT molecular complexity index is 1180. The van der Waals surface area contributed by atoms with Gasteiger partial charge in [0.2, 0.25) is 5.91 Å². The van der Waals surface area contributed by atoms with E-state index in [1.54, 1.807) is 4.90 Å². The summed E-state index contributed by atoms with van der Waals surface area (Å²) in [7, 11) is 0. The normalized spacial score (nSPS) is 15.3. The Kier molecular flexibility index (Phi) is 7.53. The molecule has 1 heterocycles. The smallest absolute Gasteiger partial charge is 0.265 e. The number of hydrogen-bond donors (Lipinski definition) is 1. The predicted molar refractivity (Wildman–Crippen MR) is 135 cm³/mol. The van der Waals surface area contributed by atoms with Crippen molar-refractivity contribution >= 4 is 40.9 Å². The van der Waals surface area contributed by atoms with Crippen LogP contribution in [0.5, 0.6) is 0 Å². The van der Waals surface area contributed by atoms with Crippen molar-refractivity contribution in [3.8, 4) is 0 Å². The van der Waals surface area contributed by atoms with Crippen molar-refractivity contribution in [3.05, 3.63) is 106 Å². The highest BCUT2D eigenvalue weighted by Gasteiger charge is 2.30. The van der Waals surface area contributed by atoms with Gasteiger partial charge in [0, 0.05) is 22.0 Å². The average Bonchev–Trinajstić information content (AvgIpc) is 2.82. The van der Waals surface area contributed by atoms with Crippen LogP contribution in [0.25, 0.3) is 0 Å². The lowest BCUT2D eigenvalue weighted by Gasteiger charge is -2.30. The Hall–Kier alpha value is -3.02. The van der Waals surface area contributed by atoms with Gasteiger partial charge in [-0.2, -0.15) is 0 Å². The van der Waals surface area contributed by atoms with Gasteiger partial charge in [-0.15, -0.1) is 0 Å². The van der Waals surface area contributed by atoms with Gasteiger partial charge < -0.3 is 10.2 Å². The van der Waals surface area contributed by atoms with E-state index in [2.05, 4.69) is 17.4 Å². The van der Waals surface area contributed by atoms with Crippen LogP contribution in [-0.2, 0) is 22.6 Å². The quantitative estimate of drug-likeness (QED) is 0.425. The number of aryl methyl sites for hydroxylation is 1. The van der Waals surface area contributed by atoms with Crippen LogP contribution in [0.2, 0.25) is 5.02 Å². The summed E-state index contributed by atoms with van der Waals surface area (Å²) in [6.07, 6.45) is 3.12. The van der Waals surface area contributed by atoms with Crippen LogP contribution in [0, 0.1) is 0 Å². The Labute approximate surface area is 203 Å². The minimum absolute atomic E-state index is 0.00948. The number of nitrogens with one attached hydrogen (secondary N) is 1. The molecule has 1 N–H and O–H groups in total. The lowest BCUT2D eigenvalue weighted by molar-refractivity contribution is -0.118. The van der Waals surface area contributed by atoms with Gasteiger partial charge in [0.25, 0.3) is 5.91 Å². The fourth-order valence-electron chi connectivity index (χ4n) is 3.72. The van der Waals surface area contributed by atoms with Gasteiger partial charge >= 0.3 is 0 Å². The Balaban J connectivity index is 1.48. The minimum atomic E-state index is -0.261. The maximum absolute atomic E-state index is 13.3. The lowest BCUT2D eigenvalue weighted by atomic mass is 10.1. The molecule has 4 rings (SSSR count). The van der Waals surface area contributed by atoms with E-state index in [-0.39, 0.29) is 17.9 Å². The summed E-state index contributed by atoms with van der Waals surface area (Å²) in [6, 6.07) is 25.4. The molecule has 3 aromatic rings. The maximum Gasteiger partial charge on any atom is 0.265 e. The summed E-state index contributed by atoms with van der Waals surface area (Å²) in [6.45, 7) is 2.32. The van der Waals surface area contributed by atoms with Crippen molar-refractivity contribution in [3.63, 3.8) is 0 Å². The standard InChI is InChI=1S/C27H25ClN2O2S/c1-19(15-16-20-9-3-2-4-10-20)29-26(31)17-25-27(32)30(18-21-11-5-6-12-22(21)28)23-13-7-8-14-24(23)33-25/h2-14,17,19H,15-16,18H2,1H3,(H,29,31)/b25-17+.